The zero-order valence-electron chi connectivity index (χ0n) is 20.9. The number of amides is 1. The van der Waals surface area contributed by atoms with Crippen LogP contribution in [0.4, 0.5) is 0 Å². The second-order valence-corrected chi connectivity index (χ2v) is 9.00. The summed E-state index contributed by atoms with van der Waals surface area (Å²) in [4.78, 5) is 37.9. The zero-order valence-corrected chi connectivity index (χ0v) is 20.9. The van der Waals surface area contributed by atoms with E-state index >= 15 is 0 Å². The van der Waals surface area contributed by atoms with Crippen molar-refractivity contribution >= 4 is 33.7 Å². The van der Waals surface area contributed by atoms with Crippen molar-refractivity contribution in [1.82, 2.24) is 14.5 Å². The molecule has 4 aromatic carbocycles. The Labute approximate surface area is 218 Å². The number of ether oxygens (including phenoxy) is 1. The van der Waals surface area contributed by atoms with Gasteiger partial charge in [-0.3, -0.25) is 18.7 Å². The van der Waals surface area contributed by atoms with Crippen LogP contribution in [-0.4, -0.2) is 33.2 Å². The molecule has 5 rings (SSSR count). The summed E-state index contributed by atoms with van der Waals surface area (Å²) in [5.41, 5.74) is 3.01. The van der Waals surface area contributed by atoms with E-state index in [1.165, 1.54) is 4.57 Å². The lowest BCUT2D eigenvalue weighted by Gasteiger charge is -2.10. The number of carbonyl (C=O) groups excluding carboxylic acids is 1. The van der Waals surface area contributed by atoms with Crippen molar-refractivity contribution < 1.29 is 19.4 Å². The minimum absolute atomic E-state index is 0.000505. The van der Waals surface area contributed by atoms with Crippen molar-refractivity contribution in [3.05, 3.63) is 112 Å². The number of aromatic nitrogens is 2. The average Bonchev–Trinajstić information content (AvgIpc) is 3.20. The summed E-state index contributed by atoms with van der Waals surface area (Å²) < 4.78 is 8.42. The summed E-state index contributed by atoms with van der Waals surface area (Å²) in [6.07, 6.45) is -0.211. The Morgan fingerprint density at radius 1 is 0.868 bits per heavy atom. The Hall–Kier alpha value is -4.85. The van der Waals surface area contributed by atoms with E-state index in [0.717, 1.165) is 21.9 Å². The fourth-order valence-corrected chi connectivity index (χ4v) is 4.76. The molecule has 1 amide bonds. The molecule has 2 N–H and O–H groups in total. The van der Waals surface area contributed by atoms with Gasteiger partial charge in [0, 0.05) is 24.2 Å². The molecule has 0 bridgehead atoms. The summed E-state index contributed by atoms with van der Waals surface area (Å²) in [5.74, 6) is -0.634. The molecule has 8 nitrogen and oxygen atoms in total. The molecule has 0 fully saturated rings. The highest BCUT2D eigenvalue weighted by Crippen LogP contribution is 2.23. The number of aliphatic carboxylic acids is 1. The molecule has 0 aliphatic carbocycles. The van der Waals surface area contributed by atoms with Crippen LogP contribution in [0.2, 0.25) is 0 Å². The van der Waals surface area contributed by atoms with E-state index in [1.54, 1.807) is 29.9 Å². The number of carboxylic acids is 1. The first-order valence-corrected chi connectivity index (χ1v) is 12.3. The number of methoxy groups -OCH3 is 1. The van der Waals surface area contributed by atoms with Crippen LogP contribution in [0.25, 0.3) is 21.8 Å². The van der Waals surface area contributed by atoms with Gasteiger partial charge in [0.15, 0.2) is 0 Å². The van der Waals surface area contributed by atoms with Gasteiger partial charge in [-0.15, -0.1) is 0 Å². The van der Waals surface area contributed by atoms with Gasteiger partial charge < -0.3 is 15.2 Å². The largest absolute Gasteiger partial charge is 0.496 e. The van der Waals surface area contributed by atoms with E-state index in [-0.39, 0.29) is 31.1 Å². The number of aryl methyl sites for hydroxylation is 1. The van der Waals surface area contributed by atoms with Gasteiger partial charge >= 0.3 is 11.7 Å². The van der Waals surface area contributed by atoms with Gasteiger partial charge in [0.1, 0.15) is 5.75 Å². The number of benzene rings is 4. The number of nitrogens with one attached hydrogen (secondary N) is 1. The quantitative estimate of drug-likeness (QED) is 0.306. The van der Waals surface area contributed by atoms with E-state index in [2.05, 4.69) is 5.32 Å². The van der Waals surface area contributed by atoms with E-state index in [1.807, 2.05) is 66.7 Å². The number of nitrogens with zero attached hydrogens (tertiary/aromatic N) is 2. The van der Waals surface area contributed by atoms with Crippen molar-refractivity contribution in [3.8, 4) is 5.75 Å². The fraction of sp³-hybridized carbons (Fsp3) is 0.167. The predicted octanol–water partition coefficient (Wildman–Crippen LogP) is 4.42. The number of hydrogen-bond acceptors (Lipinski definition) is 4. The summed E-state index contributed by atoms with van der Waals surface area (Å²) in [5, 5.41) is 14.3. The SMILES string of the molecule is COc1ccccc1CNC(=O)c1ccc2c(c1)n(CCC(=O)O)c(=O)n2Cc1cccc2ccccc12. The Bertz CT molecular complexity index is 1710. The van der Waals surface area contributed by atoms with Gasteiger partial charge in [0.25, 0.3) is 5.91 Å². The van der Waals surface area contributed by atoms with E-state index in [9.17, 15) is 19.5 Å². The third-order valence-electron chi connectivity index (χ3n) is 6.67. The topological polar surface area (TPSA) is 103 Å². The second-order valence-electron chi connectivity index (χ2n) is 9.00. The molecule has 0 aliphatic heterocycles. The van der Waals surface area contributed by atoms with Gasteiger partial charge in [-0.2, -0.15) is 0 Å². The molecular weight excluding hydrogens is 482 g/mol. The molecule has 0 aliphatic rings. The van der Waals surface area contributed by atoms with Crippen LogP contribution in [0.1, 0.15) is 27.9 Å². The number of imidazole rings is 1. The number of carboxylic acid groups (broad SMARTS) is 1. The third kappa shape index (κ3) is 4.88. The van der Waals surface area contributed by atoms with Crippen LogP contribution >= 0.6 is 0 Å². The highest BCUT2D eigenvalue weighted by molar-refractivity contribution is 5.97. The van der Waals surface area contributed by atoms with Crippen LogP contribution in [0, 0.1) is 0 Å². The minimum Gasteiger partial charge on any atom is -0.496 e. The maximum Gasteiger partial charge on any atom is 0.329 e. The maximum atomic E-state index is 13.5. The summed E-state index contributed by atoms with van der Waals surface area (Å²) in [6.45, 7) is 0.588. The zero-order chi connectivity index (χ0) is 26.6. The van der Waals surface area contributed by atoms with Crippen molar-refractivity contribution in [2.75, 3.05) is 7.11 Å². The molecule has 0 saturated carbocycles. The van der Waals surface area contributed by atoms with E-state index in [0.29, 0.717) is 28.9 Å². The summed E-state index contributed by atoms with van der Waals surface area (Å²) in [6, 6.07) is 26.4. The number of para-hydroxylation sites is 1. The van der Waals surface area contributed by atoms with Crippen LogP contribution in [0.15, 0.2) is 89.7 Å². The lowest BCUT2D eigenvalue weighted by atomic mass is 10.0. The average molecular weight is 510 g/mol. The molecule has 0 radical (unpaired) electrons. The minimum atomic E-state index is -1.00. The van der Waals surface area contributed by atoms with Crippen LogP contribution in [0.5, 0.6) is 5.75 Å². The first-order chi connectivity index (χ1) is 18.5. The molecule has 5 aromatic rings. The monoisotopic (exact) mass is 509 g/mol. The summed E-state index contributed by atoms with van der Waals surface area (Å²) >= 11 is 0. The van der Waals surface area contributed by atoms with E-state index in [4.69, 9.17) is 4.74 Å². The number of fused-ring (bicyclic) bond motifs is 2. The number of rotatable bonds is 9. The number of hydrogen-bond donors (Lipinski definition) is 2. The Morgan fingerprint density at radius 2 is 1.61 bits per heavy atom. The molecule has 38 heavy (non-hydrogen) atoms. The Balaban J connectivity index is 1.51. The molecule has 0 atom stereocenters. The smallest absolute Gasteiger partial charge is 0.329 e. The molecule has 192 valence electrons. The Morgan fingerprint density at radius 3 is 2.42 bits per heavy atom. The fourth-order valence-electron chi connectivity index (χ4n) is 4.76. The Kier molecular flexibility index (Phi) is 6.95. The molecule has 0 unspecified atom stereocenters. The lowest BCUT2D eigenvalue weighted by Crippen LogP contribution is -2.25. The highest BCUT2D eigenvalue weighted by atomic mass is 16.5. The first-order valence-electron chi connectivity index (χ1n) is 12.3. The molecule has 1 heterocycles. The van der Waals surface area contributed by atoms with Gasteiger partial charge in [-0.1, -0.05) is 60.7 Å². The first kappa shape index (κ1) is 24.8. The van der Waals surface area contributed by atoms with Crippen molar-refractivity contribution in [2.24, 2.45) is 0 Å². The molecule has 0 spiro atoms. The molecule has 8 heteroatoms. The van der Waals surface area contributed by atoms with Gasteiger partial charge in [-0.25, -0.2) is 4.79 Å². The lowest BCUT2D eigenvalue weighted by molar-refractivity contribution is -0.137. The van der Waals surface area contributed by atoms with Crippen LogP contribution in [-0.2, 0) is 24.4 Å². The van der Waals surface area contributed by atoms with Crippen LogP contribution < -0.4 is 15.7 Å². The van der Waals surface area contributed by atoms with Gasteiger partial charge in [-0.05, 0) is 40.6 Å². The van der Waals surface area contributed by atoms with Crippen molar-refractivity contribution in [3.63, 3.8) is 0 Å². The normalized spacial score (nSPS) is 11.1. The summed E-state index contributed by atoms with van der Waals surface area (Å²) in [7, 11) is 1.58. The van der Waals surface area contributed by atoms with Crippen LogP contribution in [0.3, 0.4) is 0 Å². The van der Waals surface area contributed by atoms with Gasteiger partial charge in [0.2, 0.25) is 0 Å². The van der Waals surface area contributed by atoms with Crippen molar-refractivity contribution in [1.29, 1.82) is 0 Å². The number of carbonyl (C=O) groups is 2. The maximum absolute atomic E-state index is 13.5. The second kappa shape index (κ2) is 10.6. The molecular formula is C30H27N3O5. The highest BCUT2D eigenvalue weighted by Gasteiger charge is 2.18. The van der Waals surface area contributed by atoms with E-state index < -0.39 is 5.97 Å². The van der Waals surface area contributed by atoms with Gasteiger partial charge in [0.05, 0.1) is 31.1 Å². The molecule has 1 aromatic heterocycles. The third-order valence-corrected chi connectivity index (χ3v) is 6.67. The molecule has 0 saturated heterocycles. The standard InChI is InChI=1S/C30H27N3O5/c1-38-27-12-5-3-8-22(27)18-31-29(36)21-13-14-25-26(17-21)32(16-15-28(34)35)30(37)33(25)19-23-10-6-9-20-7-2-4-11-24(20)23/h2-14,17H,15-16,18-19H2,1H3,(H,31,36)(H,34,35). The predicted molar refractivity (Wildman–Crippen MR) is 146 cm³/mol. The van der Waals surface area contributed by atoms with Crippen molar-refractivity contribution in [2.45, 2.75) is 26.1 Å².